The van der Waals surface area contributed by atoms with E-state index in [0.29, 0.717) is 12.3 Å². The fourth-order valence-corrected chi connectivity index (χ4v) is 2.34. The van der Waals surface area contributed by atoms with Crippen molar-refractivity contribution in [2.24, 2.45) is 5.92 Å². The van der Waals surface area contributed by atoms with E-state index in [2.05, 4.69) is 26.8 Å². The normalized spacial score (nSPS) is 23.5. The summed E-state index contributed by atoms with van der Waals surface area (Å²) < 4.78 is 11.8. The van der Waals surface area contributed by atoms with Crippen molar-refractivity contribution in [3.63, 3.8) is 0 Å². The van der Waals surface area contributed by atoms with Crippen LogP contribution < -0.4 is 0 Å². The molecule has 20 heavy (non-hydrogen) atoms. The molecule has 3 nitrogen and oxygen atoms in total. The molecule has 0 saturated carbocycles. The predicted molar refractivity (Wildman–Crippen MR) is 84.5 cm³/mol. The van der Waals surface area contributed by atoms with E-state index in [-0.39, 0.29) is 11.2 Å². The summed E-state index contributed by atoms with van der Waals surface area (Å²) in [5.41, 5.74) is 0.608. The van der Waals surface area contributed by atoms with Gasteiger partial charge >= 0.3 is 7.12 Å². The van der Waals surface area contributed by atoms with E-state index in [0.717, 1.165) is 12.8 Å². The van der Waals surface area contributed by atoms with E-state index in [4.69, 9.17) is 9.31 Å². The second-order valence-corrected chi connectivity index (χ2v) is 7.39. The van der Waals surface area contributed by atoms with Crippen LogP contribution in [0.15, 0.2) is 11.6 Å². The lowest BCUT2D eigenvalue weighted by atomic mass is 9.76. The lowest BCUT2D eigenvalue weighted by Crippen LogP contribution is -2.41. The van der Waals surface area contributed by atoms with Gasteiger partial charge in [-0.15, -0.1) is 0 Å². The third kappa shape index (κ3) is 4.61. The van der Waals surface area contributed by atoms with Gasteiger partial charge in [0, 0.05) is 0 Å². The highest BCUT2D eigenvalue weighted by atomic mass is 16.7. The number of aliphatic hydroxyl groups excluding tert-OH is 1. The van der Waals surface area contributed by atoms with Gasteiger partial charge < -0.3 is 14.4 Å². The van der Waals surface area contributed by atoms with Crippen molar-refractivity contribution in [2.45, 2.75) is 84.9 Å². The molecule has 0 amide bonds. The summed E-state index contributed by atoms with van der Waals surface area (Å²) in [6.07, 6.45) is 5.12. The molecule has 1 rings (SSSR count). The van der Waals surface area contributed by atoms with Gasteiger partial charge in [0.15, 0.2) is 0 Å². The molecule has 1 aliphatic rings. The Kier molecular flexibility index (Phi) is 5.88. The molecule has 4 heteroatoms. The molecular weight excluding hydrogens is 251 g/mol. The molecule has 2 atom stereocenters. The lowest BCUT2D eigenvalue weighted by Gasteiger charge is -2.32. The fourth-order valence-electron chi connectivity index (χ4n) is 2.34. The molecule has 0 bridgehead atoms. The van der Waals surface area contributed by atoms with Gasteiger partial charge in [-0.1, -0.05) is 18.6 Å². The van der Waals surface area contributed by atoms with Crippen LogP contribution >= 0.6 is 0 Å². The Bertz CT molecular complexity index is 330. The molecule has 0 aromatic rings. The SMILES string of the molecule is CC(C)=CCC[C@@H](C)C[C@H](O)B1OC(C)(C)C(C)(C)O1. The van der Waals surface area contributed by atoms with Gasteiger partial charge in [0.1, 0.15) is 0 Å². The standard InChI is InChI=1S/C16H31BO3/c1-12(2)9-8-10-13(3)11-14(18)17-19-15(4,5)16(6,7)20-17/h9,13-14,18H,8,10-11H2,1-7H3/t13-,14+/m1/s1. The van der Waals surface area contributed by atoms with Crippen molar-refractivity contribution in [3.05, 3.63) is 11.6 Å². The first-order chi connectivity index (χ1) is 9.05. The molecule has 0 aromatic heterocycles. The van der Waals surface area contributed by atoms with Gasteiger partial charge in [-0.2, -0.15) is 0 Å². The van der Waals surface area contributed by atoms with Gasteiger partial charge in [-0.3, -0.25) is 0 Å². The van der Waals surface area contributed by atoms with Crippen LogP contribution in [0.25, 0.3) is 0 Å². The van der Waals surface area contributed by atoms with Crippen LogP contribution in [0.5, 0.6) is 0 Å². The van der Waals surface area contributed by atoms with Crippen molar-refractivity contribution in [1.82, 2.24) is 0 Å². The Hall–Kier alpha value is -0.315. The molecule has 0 aliphatic carbocycles. The highest BCUT2D eigenvalue weighted by Crippen LogP contribution is 2.38. The molecule has 1 aliphatic heterocycles. The van der Waals surface area contributed by atoms with E-state index in [9.17, 15) is 5.11 Å². The highest BCUT2D eigenvalue weighted by Gasteiger charge is 2.53. The summed E-state index contributed by atoms with van der Waals surface area (Å²) in [6, 6.07) is -0.558. The van der Waals surface area contributed by atoms with E-state index < -0.39 is 13.1 Å². The molecular formula is C16H31BO3. The average molecular weight is 282 g/mol. The Morgan fingerprint density at radius 3 is 2.10 bits per heavy atom. The van der Waals surface area contributed by atoms with Gasteiger partial charge in [0.25, 0.3) is 0 Å². The zero-order valence-electron chi connectivity index (χ0n) is 14.2. The minimum Gasteiger partial charge on any atom is -0.402 e. The van der Waals surface area contributed by atoms with E-state index in [1.54, 1.807) is 0 Å². The number of rotatable bonds is 6. The fraction of sp³-hybridized carbons (Fsp3) is 0.875. The van der Waals surface area contributed by atoms with Gasteiger partial charge in [-0.25, -0.2) is 0 Å². The van der Waals surface area contributed by atoms with Crippen LogP contribution in [-0.2, 0) is 9.31 Å². The van der Waals surface area contributed by atoms with Crippen LogP contribution in [0.1, 0.15) is 67.7 Å². The number of allylic oxidation sites excluding steroid dienone is 2. The molecule has 1 saturated heterocycles. The number of hydrogen-bond acceptors (Lipinski definition) is 3. The third-order valence-electron chi connectivity index (χ3n) is 4.44. The minimum absolute atomic E-state index is 0.371. The van der Waals surface area contributed by atoms with Gasteiger partial charge in [-0.05, 0) is 66.7 Å². The maximum atomic E-state index is 10.3. The van der Waals surface area contributed by atoms with E-state index >= 15 is 0 Å². The second kappa shape index (κ2) is 6.63. The zero-order valence-corrected chi connectivity index (χ0v) is 14.2. The Morgan fingerprint density at radius 1 is 1.15 bits per heavy atom. The number of hydrogen-bond donors (Lipinski definition) is 1. The molecule has 1 N–H and O–H groups in total. The number of aliphatic hydroxyl groups is 1. The first-order valence-electron chi connectivity index (χ1n) is 7.72. The summed E-state index contributed by atoms with van der Waals surface area (Å²) >= 11 is 0. The Balaban J connectivity index is 2.44. The van der Waals surface area contributed by atoms with Crippen molar-refractivity contribution < 1.29 is 14.4 Å². The molecule has 1 fully saturated rings. The first-order valence-corrected chi connectivity index (χ1v) is 7.72. The maximum Gasteiger partial charge on any atom is 0.488 e. The predicted octanol–water partition coefficient (Wildman–Crippen LogP) is 3.75. The van der Waals surface area contributed by atoms with Gasteiger partial charge in [0.05, 0.1) is 17.2 Å². The summed E-state index contributed by atoms with van der Waals surface area (Å²) in [5, 5.41) is 10.3. The van der Waals surface area contributed by atoms with Crippen molar-refractivity contribution in [2.75, 3.05) is 0 Å². The van der Waals surface area contributed by atoms with Crippen molar-refractivity contribution >= 4 is 7.12 Å². The summed E-state index contributed by atoms with van der Waals surface area (Å²) in [4.78, 5) is 0. The minimum atomic E-state index is -0.558. The molecule has 0 aromatic carbocycles. The van der Waals surface area contributed by atoms with Gasteiger partial charge in [0.2, 0.25) is 0 Å². The first kappa shape index (κ1) is 17.7. The quantitative estimate of drug-likeness (QED) is 0.595. The third-order valence-corrected chi connectivity index (χ3v) is 4.44. The average Bonchev–Trinajstić information content (AvgIpc) is 2.47. The monoisotopic (exact) mass is 282 g/mol. The maximum absolute atomic E-state index is 10.3. The summed E-state index contributed by atoms with van der Waals surface area (Å²) in [7, 11) is -0.508. The smallest absolute Gasteiger partial charge is 0.402 e. The van der Waals surface area contributed by atoms with Crippen LogP contribution in [0.4, 0.5) is 0 Å². The Morgan fingerprint density at radius 2 is 1.65 bits per heavy atom. The van der Waals surface area contributed by atoms with E-state index in [1.807, 2.05) is 27.7 Å². The molecule has 0 unspecified atom stereocenters. The molecule has 0 radical (unpaired) electrons. The van der Waals surface area contributed by atoms with Crippen molar-refractivity contribution in [3.8, 4) is 0 Å². The molecule has 116 valence electrons. The summed E-state index contributed by atoms with van der Waals surface area (Å²) in [6.45, 7) is 14.5. The largest absolute Gasteiger partial charge is 0.488 e. The topological polar surface area (TPSA) is 38.7 Å². The highest BCUT2D eigenvalue weighted by molar-refractivity contribution is 6.47. The van der Waals surface area contributed by atoms with Crippen LogP contribution in [0.3, 0.4) is 0 Å². The van der Waals surface area contributed by atoms with Crippen LogP contribution in [0, 0.1) is 5.92 Å². The van der Waals surface area contributed by atoms with Crippen molar-refractivity contribution in [1.29, 1.82) is 0 Å². The second-order valence-electron chi connectivity index (χ2n) is 7.39. The summed E-state index contributed by atoms with van der Waals surface area (Å²) in [5.74, 6) is 0.458. The van der Waals surface area contributed by atoms with Crippen LogP contribution in [-0.4, -0.2) is 29.4 Å². The molecule has 1 heterocycles. The Labute approximate surface area is 124 Å². The van der Waals surface area contributed by atoms with E-state index in [1.165, 1.54) is 5.57 Å². The van der Waals surface area contributed by atoms with Crippen LogP contribution in [0.2, 0.25) is 0 Å². The molecule has 0 spiro atoms. The zero-order chi connectivity index (χ0) is 15.6. The lowest BCUT2D eigenvalue weighted by molar-refractivity contribution is 0.00578.